The second-order valence-electron chi connectivity index (χ2n) is 3.86. The first-order chi connectivity index (χ1) is 6.24. The molecule has 0 amide bonds. The quantitative estimate of drug-likeness (QED) is 0.710. The summed E-state index contributed by atoms with van der Waals surface area (Å²) in [4.78, 5) is 11.5. The molecule has 1 aliphatic rings. The van der Waals surface area contributed by atoms with E-state index in [0.29, 0.717) is 24.7 Å². The molecule has 76 valence electrons. The average molecular weight is 185 g/mol. The van der Waals surface area contributed by atoms with Crippen LogP contribution in [0.5, 0.6) is 0 Å². The number of nitrogens with two attached hydrogens (primary N) is 1. The lowest BCUT2D eigenvalue weighted by atomic mass is 9.90. The Bertz CT molecular complexity index is 164. The molecular weight excluding hydrogens is 166 g/mol. The smallest absolute Gasteiger partial charge is 0.137 e. The van der Waals surface area contributed by atoms with Gasteiger partial charge in [-0.25, -0.2) is 0 Å². The average Bonchev–Trinajstić information content (AvgIpc) is 2.18. The summed E-state index contributed by atoms with van der Waals surface area (Å²) < 4.78 is 5.23. The van der Waals surface area contributed by atoms with E-state index in [9.17, 15) is 4.79 Å². The highest BCUT2D eigenvalue weighted by molar-refractivity contribution is 5.81. The Balaban J connectivity index is 2.26. The molecule has 0 bridgehead atoms. The maximum absolute atomic E-state index is 11.5. The summed E-state index contributed by atoms with van der Waals surface area (Å²) in [6.45, 7) is 4.01. The number of rotatable bonds is 4. The molecule has 13 heavy (non-hydrogen) atoms. The van der Waals surface area contributed by atoms with Crippen LogP contribution in [0.1, 0.15) is 26.2 Å². The van der Waals surface area contributed by atoms with Gasteiger partial charge in [0.25, 0.3) is 0 Å². The fourth-order valence-corrected chi connectivity index (χ4v) is 1.57. The Morgan fingerprint density at radius 1 is 1.54 bits per heavy atom. The van der Waals surface area contributed by atoms with Gasteiger partial charge < -0.3 is 10.5 Å². The Kier molecular flexibility index (Phi) is 4.39. The number of carbonyl (C=O) groups is 1. The molecular formula is C10H19NO2. The van der Waals surface area contributed by atoms with Crippen LogP contribution in [0.2, 0.25) is 0 Å². The molecule has 1 heterocycles. The maximum Gasteiger partial charge on any atom is 0.137 e. The van der Waals surface area contributed by atoms with E-state index in [1.165, 1.54) is 0 Å². The predicted molar refractivity (Wildman–Crippen MR) is 51.4 cm³/mol. The Morgan fingerprint density at radius 2 is 2.15 bits per heavy atom. The van der Waals surface area contributed by atoms with E-state index < -0.39 is 0 Å². The van der Waals surface area contributed by atoms with Crippen molar-refractivity contribution in [1.82, 2.24) is 0 Å². The van der Waals surface area contributed by atoms with Crippen molar-refractivity contribution in [1.29, 1.82) is 0 Å². The van der Waals surface area contributed by atoms with Crippen LogP contribution in [-0.4, -0.2) is 25.5 Å². The third kappa shape index (κ3) is 3.44. The van der Waals surface area contributed by atoms with Crippen molar-refractivity contribution in [3.8, 4) is 0 Å². The Labute approximate surface area is 79.6 Å². The summed E-state index contributed by atoms with van der Waals surface area (Å²) in [5.41, 5.74) is 5.43. The standard InChI is InChI=1S/C10H19NO2/c1-8(7-11)10(12)6-9-2-4-13-5-3-9/h8-9H,2-7,11H2,1H3. The summed E-state index contributed by atoms with van der Waals surface area (Å²) in [7, 11) is 0. The molecule has 2 N–H and O–H groups in total. The number of carbonyl (C=O) groups excluding carboxylic acids is 1. The van der Waals surface area contributed by atoms with Crippen LogP contribution in [-0.2, 0) is 9.53 Å². The van der Waals surface area contributed by atoms with Gasteiger partial charge in [0.15, 0.2) is 0 Å². The van der Waals surface area contributed by atoms with Crippen molar-refractivity contribution < 1.29 is 9.53 Å². The minimum Gasteiger partial charge on any atom is -0.381 e. The molecule has 1 atom stereocenters. The molecule has 0 aromatic carbocycles. The summed E-state index contributed by atoms with van der Waals surface area (Å²) in [5, 5.41) is 0. The molecule has 0 aromatic rings. The zero-order valence-electron chi connectivity index (χ0n) is 8.29. The molecule has 3 heteroatoms. The number of hydrogen-bond acceptors (Lipinski definition) is 3. The van der Waals surface area contributed by atoms with Gasteiger partial charge in [0.2, 0.25) is 0 Å². The minimum atomic E-state index is 0.0304. The van der Waals surface area contributed by atoms with Gasteiger partial charge >= 0.3 is 0 Å². The molecule has 0 aliphatic carbocycles. The van der Waals surface area contributed by atoms with Gasteiger partial charge in [-0.05, 0) is 18.8 Å². The van der Waals surface area contributed by atoms with E-state index in [2.05, 4.69) is 0 Å². The van der Waals surface area contributed by atoms with Crippen molar-refractivity contribution in [2.45, 2.75) is 26.2 Å². The zero-order chi connectivity index (χ0) is 9.68. The molecule has 0 aromatic heterocycles. The van der Waals surface area contributed by atoms with Crippen molar-refractivity contribution in [3.63, 3.8) is 0 Å². The van der Waals surface area contributed by atoms with Gasteiger partial charge in [0.1, 0.15) is 5.78 Å². The molecule has 1 rings (SSSR count). The Hall–Kier alpha value is -0.410. The summed E-state index contributed by atoms with van der Waals surface area (Å²) in [5.74, 6) is 0.882. The SMILES string of the molecule is CC(CN)C(=O)CC1CCOCC1. The van der Waals surface area contributed by atoms with Crippen LogP contribution in [0.3, 0.4) is 0 Å². The first-order valence-corrected chi connectivity index (χ1v) is 5.04. The van der Waals surface area contributed by atoms with Crippen LogP contribution in [0, 0.1) is 11.8 Å². The first-order valence-electron chi connectivity index (χ1n) is 5.04. The first kappa shape index (κ1) is 10.7. The normalized spacial score (nSPS) is 21.4. The molecule has 0 spiro atoms. The van der Waals surface area contributed by atoms with Crippen LogP contribution in [0.25, 0.3) is 0 Å². The fourth-order valence-electron chi connectivity index (χ4n) is 1.57. The zero-order valence-corrected chi connectivity index (χ0v) is 8.29. The van der Waals surface area contributed by atoms with E-state index in [-0.39, 0.29) is 5.92 Å². The van der Waals surface area contributed by atoms with Crippen LogP contribution >= 0.6 is 0 Å². The maximum atomic E-state index is 11.5. The van der Waals surface area contributed by atoms with E-state index in [1.54, 1.807) is 0 Å². The van der Waals surface area contributed by atoms with E-state index >= 15 is 0 Å². The van der Waals surface area contributed by atoms with Gasteiger partial charge in [0.05, 0.1) is 0 Å². The number of ether oxygens (including phenoxy) is 1. The third-order valence-corrected chi connectivity index (χ3v) is 2.73. The van der Waals surface area contributed by atoms with Crippen molar-refractivity contribution in [2.75, 3.05) is 19.8 Å². The highest BCUT2D eigenvalue weighted by Crippen LogP contribution is 2.20. The van der Waals surface area contributed by atoms with Crippen LogP contribution < -0.4 is 5.73 Å². The molecule has 1 unspecified atom stereocenters. The molecule has 1 fully saturated rings. The second-order valence-corrected chi connectivity index (χ2v) is 3.86. The molecule has 0 saturated carbocycles. The predicted octanol–water partition coefficient (Wildman–Crippen LogP) is 0.967. The highest BCUT2D eigenvalue weighted by Gasteiger charge is 2.19. The van der Waals surface area contributed by atoms with E-state index in [0.717, 1.165) is 26.1 Å². The lowest BCUT2D eigenvalue weighted by molar-refractivity contribution is -0.123. The second kappa shape index (κ2) is 5.35. The minimum absolute atomic E-state index is 0.0304. The highest BCUT2D eigenvalue weighted by atomic mass is 16.5. The molecule has 3 nitrogen and oxygen atoms in total. The topological polar surface area (TPSA) is 52.3 Å². The molecule has 1 saturated heterocycles. The van der Waals surface area contributed by atoms with Crippen molar-refractivity contribution in [2.24, 2.45) is 17.6 Å². The van der Waals surface area contributed by atoms with Crippen molar-refractivity contribution >= 4 is 5.78 Å². The third-order valence-electron chi connectivity index (χ3n) is 2.73. The lowest BCUT2D eigenvalue weighted by Crippen LogP contribution is -2.25. The van der Waals surface area contributed by atoms with Gasteiger partial charge in [0, 0.05) is 32.1 Å². The number of hydrogen-bond donors (Lipinski definition) is 1. The number of Topliss-reactive ketones (excluding diaryl/α,β-unsaturated/α-hetero) is 1. The molecule has 1 aliphatic heterocycles. The van der Waals surface area contributed by atoms with Gasteiger partial charge in [-0.15, -0.1) is 0 Å². The number of ketones is 1. The lowest BCUT2D eigenvalue weighted by Gasteiger charge is -2.22. The van der Waals surface area contributed by atoms with E-state index in [4.69, 9.17) is 10.5 Å². The summed E-state index contributed by atoms with van der Waals surface area (Å²) in [6, 6.07) is 0. The summed E-state index contributed by atoms with van der Waals surface area (Å²) >= 11 is 0. The van der Waals surface area contributed by atoms with Crippen LogP contribution in [0.4, 0.5) is 0 Å². The molecule has 0 radical (unpaired) electrons. The van der Waals surface area contributed by atoms with Crippen LogP contribution in [0.15, 0.2) is 0 Å². The van der Waals surface area contributed by atoms with Gasteiger partial charge in [-0.3, -0.25) is 4.79 Å². The fraction of sp³-hybridized carbons (Fsp3) is 0.900. The van der Waals surface area contributed by atoms with Gasteiger partial charge in [-0.1, -0.05) is 6.92 Å². The monoisotopic (exact) mass is 185 g/mol. The largest absolute Gasteiger partial charge is 0.381 e. The van der Waals surface area contributed by atoms with Gasteiger partial charge in [-0.2, -0.15) is 0 Å². The summed E-state index contributed by atoms with van der Waals surface area (Å²) in [6.07, 6.45) is 2.76. The van der Waals surface area contributed by atoms with E-state index in [1.807, 2.05) is 6.92 Å². The van der Waals surface area contributed by atoms with Crippen molar-refractivity contribution in [3.05, 3.63) is 0 Å². The Morgan fingerprint density at radius 3 is 2.69 bits per heavy atom.